The first-order valence-electron chi connectivity index (χ1n) is 6.02. The molecule has 1 aromatic rings. The minimum Gasteiger partial charge on any atom is -0.318 e. The maximum absolute atomic E-state index is 11.5. The van der Waals surface area contributed by atoms with E-state index in [1.807, 2.05) is 11.8 Å². The summed E-state index contributed by atoms with van der Waals surface area (Å²) in [6, 6.07) is 8.27. The molecule has 1 aromatic carbocycles. The third-order valence-electron chi connectivity index (χ3n) is 3.19. The van der Waals surface area contributed by atoms with Crippen molar-refractivity contribution < 1.29 is 8.42 Å². The van der Waals surface area contributed by atoms with Gasteiger partial charge in [0.05, 0.1) is 11.4 Å². The van der Waals surface area contributed by atoms with Gasteiger partial charge in [0.2, 0.25) is 0 Å². The topological polar surface area (TPSA) is 49.7 Å². The summed E-state index contributed by atoms with van der Waals surface area (Å²) < 4.78 is 26.9. The number of hydrogen-bond acceptors (Lipinski definition) is 4. The Kier molecular flexibility index (Phi) is 2.94. The molecule has 3 rings (SSSR count). The molecule has 0 saturated carbocycles. The minimum absolute atomic E-state index is 0.0830. The maximum Gasteiger partial charge on any atom is 0.257 e. The summed E-state index contributed by atoms with van der Waals surface area (Å²) in [6.07, 6.45) is 0. The van der Waals surface area contributed by atoms with Crippen LogP contribution in [0.5, 0.6) is 0 Å². The SMILES string of the molecule is CC1=C(c2ccc(C)cc2)N2CCS(=O)(=O)N=C2S1. The van der Waals surface area contributed by atoms with Crippen molar-refractivity contribution in [2.75, 3.05) is 12.3 Å². The molecule has 2 aliphatic heterocycles. The smallest absolute Gasteiger partial charge is 0.257 e. The van der Waals surface area contributed by atoms with Crippen LogP contribution in [0.3, 0.4) is 0 Å². The number of amidine groups is 1. The molecule has 0 unspecified atom stereocenters. The quantitative estimate of drug-likeness (QED) is 0.798. The van der Waals surface area contributed by atoms with Crippen molar-refractivity contribution in [1.29, 1.82) is 0 Å². The minimum atomic E-state index is -3.27. The highest BCUT2D eigenvalue weighted by Crippen LogP contribution is 2.41. The zero-order valence-corrected chi connectivity index (χ0v) is 12.4. The molecule has 0 spiro atoms. The first kappa shape index (κ1) is 12.7. The van der Waals surface area contributed by atoms with Crippen molar-refractivity contribution in [3.8, 4) is 0 Å². The van der Waals surface area contributed by atoms with E-state index < -0.39 is 10.0 Å². The molecule has 0 amide bonds. The molecule has 0 aliphatic carbocycles. The highest BCUT2D eigenvalue weighted by atomic mass is 32.2. The Morgan fingerprint density at radius 1 is 1.21 bits per heavy atom. The second-order valence-electron chi connectivity index (χ2n) is 4.68. The van der Waals surface area contributed by atoms with E-state index in [9.17, 15) is 8.42 Å². The summed E-state index contributed by atoms with van der Waals surface area (Å²) in [7, 11) is -3.27. The van der Waals surface area contributed by atoms with Crippen LogP contribution in [0.2, 0.25) is 0 Å². The molecule has 0 saturated heterocycles. The number of fused-ring (bicyclic) bond motifs is 1. The molecule has 0 radical (unpaired) electrons. The molecular formula is C13H14N2O2S2. The van der Waals surface area contributed by atoms with E-state index >= 15 is 0 Å². The average Bonchev–Trinajstić information content (AvgIpc) is 2.64. The average molecular weight is 294 g/mol. The molecule has 100 valence electrons. The molecule has 0 atom stereocenters. The Balaban J connectivity index is 2.04. The zero-order valence-electron chi connectivity index (χ0n) is 10.8. The Labute approximate surface area is 117 Å². The summed E-state index contributed by atoms with van der Waals surface area (Å²) in [5.41, 5.74) is 3.40. The number of nitrogens with zero attached hydrogens (tertiary/aromatic N) is 2. The second-order valence-corrected chi connectivity index (χ2v) is 7.62. The van der Waals surface area contributed by atoms with Crippen molar-refractivity contribution in [2.45, 2.75) is 13.8 Å². The zero-order chi connectivity index (χ0) is 13.6. The van der Waals surface area contributed by atoms with Crippen molar-refractivity contribution in [1.82, 2.24) is 4.90 Å². The predicted molar refractivity (Wildman–Crippen MR) is 79.3 cm³/mol. The fraction of sp³-hybridized carbons (Fsp3) is 0.308. The van der Waals surface area contributed by atoms with Crippen LogP contribution in [-0.4, -0.2) is 30.8 Å². The Morgan fingerprint density at radius 3 is 2.58 bits per heavy atom. The Hall–Kier alpha value is -1.27. The lowest BCUT2D eigenvalue weighted by Crippen LogP contribution is -2.34. The standard InChI is InChI=1S/C13H14N2O2S2/c1-9-3-5-11(6-4-9)12-10(2)18-13-14-19(16,17)8-7-15(12)13/h3-6H,7-8H2,1-2H3. The molecule has 0 bridgehead atoms. The number of allylic oxidation sites excluding steroid dienone is 1. The molecule has 0 fully saturated rings. The number of rotatable bonds is 1. The van der Waals surface area contributed by atoms with Gasteiger partial charge in [0.1, 0.15) is 0 Å². The van der Waals surface area contributed by atoms with Gasteiger partial charge in [-0.1, -0.05) is 41.6 Å². The van der Waals surface area contributed by atoms with Crippen molar-refractivity contribution in [3.63, 3.8) is 0 Å². The van der Waals surface area contributed by atoms with Crippen LogP contribution >= 0.6 is 11.8 Å². The number of hydrogen-bond donors (Lipinski definition) is 0. The Bertz CT molecular complexity index is 688. The molecule has 6 heteroatoms. The van der Waals surface area contributed by atoms with E-state index in [1.54, 1.807) is 0 Å². The van der Waals surface area contributed by atoms with Crippen LogP contribution in [-0.2, 0) is 10.0 Å². The molecular weight excluding hydrogens is 280 g/mol. The van der Waals surface area contributed by atoms with Gasteiger partial charge < -0.3 is 4.90 Å². The Morgan fingerprint density at radius 2 is 1.89 bits per heavy atom. The van der Waals surface area contributed by atoms with Crippen molar-refractivity contribution in [2.24, 2.45) is 4.40 Å². The van der Waals surface area contributed by atoms with Gasteiger partial charge in [-0.15, -0.1) is 4.40 Å². The van der Waals surface area contributed by atoms with Crippen LogP contribution in [0.25, 0.3) is 5.70 Å². The normalized spacial score (nSPS) is 21.4. The highest BCUT2D eigenvalue weighted by Gasteiger charge is 2.33. The summed E-state index contributed by atoms with van der Waals surface area (Å²) >= 11 is 1.44. The lowest BCUT2D eigenvalue weighted by Gasteiger charge is -2.25. The third kappa shape index (κ3) is 2.30. The number of sulfonamides is 1. The van der Waals surface area contributed by atoms with Gasteiger partial charge in [-0.05, 0) is 19.4 Å². The summed E-state index contributed by atoms with van der Waals surface area (Å²) in [6.45, 7) is 4.54. The fourth-order valence-electron chi connectivity index (χ4n) is 2.24. The summed E-state index contributed by atoms with van der Waals surface area (Å²) in [5.74, 6) is 0.0830. The van der Waals surface area contributed by atoms with Crippen LogP contribution in [0.15, 0.2) is 33.6 Å². The van der Waals surface area contributed by atoms with Gasteiger partial charge in [-0.25, -0.2) is 8.42 Å². The van der Waals surface area contributed by atoms with Gasteiger partial charge in [-0.3, -0.25) is 0 Å². The number of benzene rings is 1. The van der Waals surface area contributed by atoms with E-state index in [-0.39, 0.29) is 5.75 Å². The van der Waals surface area contributed by atoms with Crippen LogP contribution in [0, 0.1) is 6.92 Å². The fourth-order valence-corrected chi connectivity index (χ4v) is 4.47. The summed E-state index contributed by atoms with van der Waals surface area (Å²) in [5, 5.41) is 0.583. The number of thioether (sulfide) groups is 1. The third-order valence-corrected chi connectivity index (χ3v) is 5.45. The number of aryl methyl sites for hydroxylation is 1. The molecule has 2 aliphatic rings. The lowest BCUT2D eigenvalue weighted by atomic mass is 10.1. The van der Waals surface area contributed by atoms with Gasteiger partial charge in [-0.2, -0.15) is 0 Å². The van der Waals surface area contributed by atoms with E-state index in [0.29, 0.717) is 11.7 Å². The molecule has 0 N–H and O–H groups in total. The van der Waals surface area contributed by atoms with Gasteiger partial charge >= 0.3 is 0 Å². The van der Waals surface area contributed by atoms with Gasteiger partial charge in [0.25, 0.3) is 10.0 Å². The highest BCUT2D eigenvalue weighted by molar-refractivity contribution is 8.18. The largest absolute Gasteiger partial charge is 0.318 e. The first-order valence-corrected chi connectivity index (χ1v) is 8.45. The van der Waals surface area contributed by atoms with Crippen LogP contribution in [0.1, 0.15) is 18.1 Å². The monoisotopic (exact) mass is 294 g/mol. The summed E-state index contributed by atoms with van der Waals surface area (Å²) in [4.78, 5) is 3.10. The van der Waals surface area contributed by atoms with Crippen LogP contribution < -0.4 is 0 Å². The van der Waals surface area contributed by atoms with Crippen molar-refractivity contribution >= 4 is 32.6 Å². The van der Waals surface area contributed by atoms with Gasteiger partial charge in [0.15, 0.2) is 5.17 Å². The molecule has 2 heterocycles. The predicted octanol–water partition coefficient (Wildman–Crippen LogP) is 2.43. The second kappa shape index (κ2) is 4.38. The lowest BCUT2D eigenvalue weighted by molar-refractivity contribution is 0.566. The molecule has 4 nitrogen and oxygen atoms in total. The molecule has 0 aromatic heterocycles. The van der Waals surface area contributed by atoms with Crippen molar-refractivity contribution in [3.05, 3.63) is 40.3 Å². The van der Waals surface area contributed by atoms with Crippen LogP contribution in [0.4, 0.5) is 0 Å². The molecule has 19 heavy (non-hydrogen) atoms. The van der Waals surface area contributed by atoms with E-state index in [2.05, 4.69) is 35.6 Å². The van der Waals surface area contributed by atoms with E-state index in [4.69, 9.17) is 0 Å². The van der Waals surface area contributed by atoms with Gasteiger partial charge in [0, 0.05) is 11.4 Å². The van der Waals surface area contributed by atoms with E-state index in [1.165, 1.54) is 17.3 Å². The first-order chi connectivity index (χ1) is 8.96. The van der Waals surface area contributed by atoms with E-state index in [0.717, 1.165) is 16.2 Å². The maximum atomic E-state index is 11.5.